The number of carbonyl (C=O) groups is 6. The summed E-state index contributed by atoms with van der Waals surface area (Å²) < 4.78 is 58.0. The summed E-state index contributed by atoms with van der Waals surface area (Å²) in [5.41, 5.74) is 0.980. The van der Waals surface area contributed by atoms with Crippen LogP contribution in [0.2, 0.25) is 0 Å². The predicted molar refractivity (Wildman–Crippen MR) is 300 cm³/mol. The van der Waals surface area contributed by atoms with Gasteiger partial charge in [-0.15, -0.1) is 0 Å². The van der Waals surface area contributed by atoms with E-state index in [9.17, 15) is 54.3 Å². The van der Waals surface area contributed by atoms with Crippen molar-refractivity contribution in [2.24, 2.45) is 35.5 Å². The molecule has 83 heavy (non-hydrogen) atoms. The molecule has 3 unspecified atom stereocenters. The highest BCUT2D eigenvalue weighted by Gasteiger charge is 2.55. The average Bonchev–Trinajstić information content (AvgIpc) is 3.20. The number of allylic oxidation sites excluding steroid dienone is 6. The molecule has 0 aromatic heterocycles. The first kappa shape index (κ1) is 69.5. The third kappa shape index (κ3) is 17.9. The molecule has 19 atom stereocenters. The van der Waals surface area contributed by atoms with Gasteiger partial charge < -0.3 is 77.8 Å². The summed E-state index contributed by atoms with van der Waals surface area (Å²) in [7, 11) is 5.67. The summed E-state index contributed by atoms with van der Waals surface area (Å²) in [6.07, 6.45) is 3.26. The number of hydrogen-bond donors (Lipinski definition) is 5. The van der Waals surface area contributed by atoms with Crippen molar-refractivity contribution in [1.82, 2.24) is 4.90 Å². The summed E-state index contributed by atoms with van der Waals surface area (Å²) in [6.45, 7) is 10.6. The molecule has 5 rings (SSSR count). The Hall–Kier alpha value is -4.30. The van der Waals surface area contributed by atoms with Gasteiger partial charge in [0.2, 0.25) is 5.79 Å². The van der Waals surface area contributed by atoms with Crippen molar-refractivity contribution < 1.29 is 102 Å². The maximum atomic E-state index is 14.7. The Labute approximate surface area is 489 Å². The fourth-order valence-corrected chi connectivity index (χ4v) is 12.2. The van der Waals surface area contributed by atoms with Crippen LogP contribution in [0.25, 0.3) is 0 Å². The Morgan fingerprint density at radius 3 is 2.20 bits per heavy atom. The molecule has 5 N–H and O–H groups in total. The molecule has 3 saturated heterocycles. The number of methoxy groups -OCH3 is 4. The number of rotatable bonds is 13. The van der Waals surface area contributed by atoms with Crippen LogP contribution >= 0.6 is 0 Å². The van der Waals surface area contributed by atoms with E-state index in [-0.39, 0.29) is 68.6 Å². The number of esters is 1. The summed E-state index contributed by atoms with van der Waals surface area (Å²) >= 11 is 0. The lowest BCUT2D eigenvalue weighted by molar-refractivity contribution is -0.335. The minimum Gasteiger partial charge on any atom is -0.460 e. The van der Waals surface area contributed by atoms with Crippen LogP contribution in [0, 0.1) is 35.5 Å². The zero-order chi connectivity index (χ0) is 61.3. The Bertz CT molecular complexity index is 2290. The highest BCUT2D eigenvalue weighted by atomic mass is 16.8. The van der Waals surface area contributed by atoms with Crippen LogP contribution in [0.4, 0.5) is 4.79 Å². The van der Waals surface area contributed by atoms with E-state index >= 15 is 0 Å². The zero-order valence-electron chi connectivity index (χ0n) is 50.5. The van der Waals surface area contributed by atoms with Crippen molar-refractivity contribution in [3.05, 3.63) is 47.6 Å². The highest BCUT2D eigenvalue weighted by Crippen LogP contribution is 2.39. The van der Waals surface area contributed by atoms with Crippen molar-refractivity contribution in [2.75, 3.05) is 61.4 Å². The van der Waals surface area contributed by atoms with E-state index in [4.69, 9.17) is 47.4 Å². The second kappa shape index (κ2) is 32.4. The molecule has 0 spiro atoms. The van der Waals surface area contributed by atoms with Crippen LogP contribution in [0.3, 0.4) is 0 Å². The maximum Gasteiger partial charge on any atom is 0.511 e. The zero-order valence-corrected chi connectivity index (χ0v) is 50.5. The van der Waals surface area contributed by atoms with Crippen LogP contribution in [0.5, 0.6) is 0 Å². The molecule has 22 heteroatoms. The number of aliphatic hydroxyl groups excluding tert-OH is 4. The number of nitrogens with zero attached hydrogens (tertiary/aromatic N) is 1. The number of ether oxygens (including phenoxy) is 10. The van der Waals surface area contributed by atoms with E-state index in [1.165, 1.54) is 27.2 Å². The van der Waals surface area contributed by atoms with Crippen LogP contribution in [0.15, 0.2) is 47.6 Å². The van der Waals surface area contributed by atoms with Gasteiger partial charge in [-0.2, -0.15) is 0 Å². The lowest BCUT2D eigenvalue weighted by atomic mass is 9.78. The molecule has 0 radical (unpaired) electrons. The molecule has 470 valence electrons. The number of aliphatic hydroxyl groups is 5. The third-order valence-electron chi connectivity index (χ3n) is 17.5. The van der Waals surface area contributed by atoms with Gasteiger partial charge in [0.15, 0.2) is 24.1 Å². The number of amides is 1. The van der Waals surface area contributed by atoms with Crippen molar-refractivity contribution >= 4 is 35.4 Å². The van der Waals surface area contributed by atoms with Gasteiger partial charge in [0.25, 0.3) is 17.5 Å². The Morgan fingerprint density at radius 2 is 1.54 bits per heavy atom. The minimum absolute atomic E-state index is 0.0151. The van der Waals surface area contributed by atoms with Gasteiger partial charge >= 0.3 is 12.1 Å². The van der Waals surface area contributed by atoms with E-state index < -0.39 is 139 Å². The lowest BCUT2D eigenvalue weighted by Gasteiger charge is -2.43. The third-order valence-corrected chi connectivity index (χ3v) is 17.5. The number of ketones is 3. The highest BCUT2D eigenvalue weighted by molar-refractivity contribution is 6.39. The molecule has 1 aliphatic carbocycles. The van der Waals surface area contributed by atoms with Gasteiger partial charge in [-0.3, -0.25) is 19.2 Å². The van der Waals surface area contributed by atoms with Gasteiger partial charge in [0.1, 0.15) is 36.7 Å². The molecule has 4 fully saturated rings. The van der Waals surface area contributed by atoms with Crippen LogP contribution < -0.4 is 0 Å². The predicted octanol–water partition coefficient (Wildman–Crippen LogP) is 4.81. The summed E-state index contributed by atoms with van der Waals surface area (Å²) in [5.74, 6) is -12.1. The minimum atomic E-state index is -2.51. The second-order valence-corrected chi connectivity index (χ2v) is 23.6. The van der Waals surface area contributed by atoms with Gasteiger partial charge in [-0.05, 0) is 107 Å². The Kier molecular flexibility index (Phi) is 27.2. The standard InChI is InChI=1S/C61H95NO21/c1-35-17-13-12-14-18-36(2)47(74-8)31-43-22-20-41(7)61(73,82-43)56(69)57(70)62-24-16-15-19-44(62)58(71)80-48(38(4)29-42-21-23-46(78-26-25-63)49(30-42)75-9)32-45(65)37(3)28-40(6)53(54(77-11)51(66)39(5)27-35)81-59(72)83-60(34-64)55(68)52(67)50(76-10)33-79-60/h12-14,17-18,28,35,37-39,41-44,46-50,52-55,63-64,67-68,73H,15-16,19-27,29-34H2,1-11H3/b14-12+,17-13-,36-18+,40-28+/t35-,37-,38-,39-,41-,42?,43+,44?,46-,47+,48+,49-,50+,52+,53-,54+,55-,60?,61-/m1/s1. The molecule has 4 heterocycles. The second-order valence-electron chi connectivity index (χ2n) is 23.6. The molecule has 22 nitrogen and oxygen atoms in total. The first-order valence-corrected chi connectivity index (χ1v) is 29.5. The van der Waals surface area contributed by atoms with Crippen molar-refractivity contribution in [1.29, 1.82) is 0 Å². The van der Waals surface area contributed by atoms with Gasteiger partial charge in [0.05, 0.1) is 44.2 Å². The first-order valence-electron chi connectivity index (χ1n) is 29.5. The van der Waals surface area contributed by atoms with E-state index in [1.54, 1.807) is 35.0 Å². The molecule has 0 aromatic rings. The monoisotopic (exact) mass is 1180 g/mol. The van der Waals surface area contributed by atoms with Crippen molar-refractivity contribution in [3.63, 3.8) is 0 Å². The van der Waals surface area contributed by atoms with Crippen molar-refractivity contribution in [2.45, 2.75) is 204 Å². The van der Waals surface area contributed by atoms with E-state index in [1.807, 2.05) is 51.2 Å². The van der Waals surface area contributed by atoms with E-state index in [0.717, 1.165) is 10.5 Å². The Balaban J connectivity index is 1.55. The molecule has 0 aromatic carbocycles. The fourth-order valence-electron chi connectivity index (χ4n) is 12.2. The summed E-state index contributed by atoms with van der Waals surface area (Å²) in [4.78, 5) is 88.0. The molecule has 4 aliphatic heterocycles. The summed E-state index contributed by atoms with van der Waals surface area (Å²) in [5, 5.41) is 53.8. The fraction of sp³-hybridized carbons (Fsp3) is 0.770. The van der Waals surface area contributed by atoms with Crippen LogP contribution in [-0.2, 0) is 71.3 Å². The van der Waals surface area contributed by atoms with Gasteiger partial charge in [-0.25, -0.2) is 9.59 Å². The smallest absolute Gasteiger partial charge is 0.460 e. The number of piperidine rings is 1. The Morgan fingerprint density at radius 1 is 0.819 bits per heavy atom. The number of hydrogen-bond acceptors (Lipinski definition) is 21. The van der Waals surface area contributed by atoms with Gasteiger partial charge in [-0.1, -0.05) is 71.1 Å². The molecule has 5 aliphatic rings. The SMILES string of the molecule is CO[C@H]1C[C@@H]2CC[C@@H](C)[C@@](O)(O2)C(=O)C(=O)N2CCCCC2C(=O)O[C@H]([C@H](C)CC2CC[C@@H](OCCO)[C@H](OC)C2)CC(=O)[C@H](C)/C=C(\C)[C@@H](OC(=O)OC2(CO)OC[C@H](OC)[C@H](O)[C@H]2O)[C@@H](OC)C(=O)[C@H](C)C[C@H](C)\C=C/C=C/C=C/1C. The molecule has 1 amide bonds. The molecule has 2 bridgehead atoms. The largest absolute Gasteiger partial charge is 0.511 e. The maximum absolute atomic E-state index is 14.7. The summed E-state index contributed by atoms with van der Waals surface area (Å²) in [6, 6.07) is -1.24. The van der Waals surface area contributed by atoms with Crippen LogP contribution in [-0.4, -0.2) is 206 Å². The van der Waals surface area contributed by atoms with Crippen molar-refractivity contribution in [3.8, 4) is 0 Å². The normalized spacial score (nSPS) is 39.7. The molecular weight excluding hydrogens is 1080 g/mol. The van der Waals surface area contributed by atoms with E-state index in [2.05, 4.69) is 0 Å². The topological polar surface area (TPSA) is 299 Å². The first-order chi connectivity index (χ1) is 39.4. The number of fused-ring (bicyclic) bond motifs is 3. The quantitative estimate of drug-likeness (QED) is 0.0939. The number of carbonyl (C=O) groups excluding carboxylic acids is 6. The molecule has 1 saturated carbocycles. The van der Waals surface area contributed by atoms with Gasteiger partial charge in [0, 0.05) is 65.6 Å². The lowest BCUT2D eigenvalue weighted by Crippen LogP contribution is -2.64. The number of cyclic esters (lactones) is 1. The average molecular weight is 1180 g/mol. The molecular formula is C61H95NO21. The van der Waals surface area contributed by atoms with Crippen LogP contribution in [0.1, 0.15) is 126 Å². The van der Waals surface area contributed by atoms with E-state index in [0.29, 0.717) is 57.8 Å². The number of Topliss-reactive ketones (excluding diaryl/α,β-unsaturated/α-hetero) is 3.